The number of rotatable bonds is 4. The van der Waals surface area contributed by atoms with Crippen LogP contribution < -0.4 is 15.4 Å². The van der Waals surface area contributed by atoms with Gasteiger partial charge in [0, 0.05) is 19.2 Å². The van der Waals surface area contributed by atoms with E-state index in [1.807, 2.05) is 0 Å². The van der Waals surface area contributed by atoms with Gasteiger partial charge in [-0.1, -0.05) is 25.9 Å². The van der Waals surface area contributed by atoms with E-state index in [9.17, 15) is 32.8 Å². The molecule has 17 heteroatoms. The van der Waals surface area contributed by atoms with Gasteiger partial charge in [0.25, 0.3) is 5.91 Å². The quantitative estimate of drug-likeness (QED) is 0.466. The molecule has 13 nitrogen and oxygen atoms in total. The summed E-state index contributed by atoms with van der Waals surface area (Å²) < 4.78 is 65.6. The number of carbonyl (C=O) groups is 3. The molecule has 47 heavy (non-hydrogen) atoms. The fourth-order valence-corrected chi connectivity index (χ4v) is 8.26. The average Bonchev–Trinajstić information content (AvgIpc) is 3.81. The van der Waals surface area contributed by atoms with Crippen molar-refractivity contribution in [1.29, 1.82) is 5.26 Å². The van der Waals surface area contributed by atoms with Crippen molar-refractivity contribution in [2.75, 3.05) is 23.7 Å². The van der Waals surface area contributed by atoms with Crippen LogP contribution in [0.1, 0.15) is 45.9 Å². The number of nitrogens with zero attached hydrogens (tertiary/aromatic N) is 6. The van der Waals surface area contributed by atoms with Gasteiger partial charge in [-0.2, -0.15) is 18.4 Å². The highest BCUT2D eigenvalue weighted by atomic mass is 19.4. The maximum atomic E-state index is 15.3. The summed E-state index contributed by atoms with van der Waals surface area (Å²) in [7, 11) is 0. The van der Waals surface area contributed by atoms with Gasteiger partial charge in [0.1, 0.15) is 24.3 Å². The minimum absolute atomic E-state index is 0.0624. The Labute approximate surface area is 266 Å². The minimum Gasteiger partial charge on any atom is -0.472 e. The van der Waals surface area contributed by atoms with Crippen LogP contribution in [0.4, 0.5) is 29.4 Å². The predicted octanol–water partition coefficient (Wildman–Crippen LogP) is 3.03. The summed E-state index contributed by atoms with van der Waals surface area (Å²) in [6.45, 7) is 4.86. The first-order valence-corrected chi connectivity index (χ1v) is 15.4. The number of nitrogens with one attached hydrogen (secondary N) is 2. The van der Waals surface area contributed by atoms with E-state index in [0.29, 0.717) is 12.8 Å². The standard InChI is InChI=1S/C30H32F4N8O5/c1-28(2,3)21(37-27-40-39-26(46-27)30(32,33)34)24(44)41-11-16-13-7-15(17(31)8-13)19(16)20(41)23(43)42-12-29(9-14(42)10-35)25(45)38-22-18(47-29)5-4-6-36-22/h4-6,13-17,19-21H,7-9,11-12H2,1-3H3,(H,37,40)(H,36,38,45)/t13-,14-,15+,16+,17+,19-,20-,21+,29+/m0/s1. The lowest BCUT2D eigenvalue weighted by Crippen LogP contribution is -2.58. The third-order valence-electron chi connectivity index (χ3n) is 10.3. The number of aromatic nitrogens is 3. The van der Waals surface area contributed by atoms with Gasteiger partial charge < -0.3 is 29.6 Å². The molecular weight excluding hydrogens is 628 g/mol. The van der Waals surface area contributed by atoms with Gasteiger partial charge in [0.05, 0.1) is 12.6 Å². The van der Waals surface area contributed by atoms with Crippen LogP contribution in [0.2, 0.25) is 0 Å². The third-order valence-corrected chi connectivity index (χ3v) is 10.3. The summed E-state index contributed by atoms with van der Waals surface area (Å²) in [4.78, 5) is 49.1. The second kappa shape index (κ2) is 10.5. The number of likely N-dealkylation sites (tertiary alicyclic amines) is 2. The Bertz CT molecular complexity index is 1670. The van der Waals surface area contributed by atoms with E-state index >= 15 is 4.39 Å². The van der Waals surface area contributed by atoms with Gasteiger partial charge in [0.2, 0.25) is 17.4 Å². The Morgan fingerprint density at radius 1 is 1.19 bits per heavy atom. The molecule has 3 amide bonds. The average molecular weight is 661 g/mol. The second-order valence-electron chi connectivity index (χ2n) is 14.2. The smallest absolute Gasteiger partial charge is 0.470 e. The van der Waals surface area contributed by atoms with Crippen molar-refractivity contribution < 1.29 is 41.1 Å². The highest BCUT2D eigenvalue weighted by Gasteiger charge is 2.65. The first-order chi connectivity index (χ1) is 22.1. The number of amides is 3. The second-order valence-corrected chi connectivity index (χ2v) is 14.2. The number of fused-ring (bicyclic) bond motifs is 6. The third kappa shape index (κ3) is 4.94. The SMILES string of the molecule is CC(C)(C)[C@H](Nc1nnc(C(F)(F)F)o1)C(=O)N1C[C@@H]2[C@H]3C[C@@H]([C@@H]2[C@H]1C(=O)N1C[C@@]2(C[C@H]1C#N)Oc1cccnc1NC2=O)[C@H](F)C3. The number of hydrogen-bond acceptors (Lipinski definition) is 10. The first-order valence-electron chi connectivity index (χ1n) is 15.4. The van der Waals surface area contributed by atoms with E-state index in [1.165, 1.54) is 16.0 Å². The molecule has 5 aliphatic rings. The van der Waals surface area contributed by atoms with Crippen molar-refractivity contribution >= 4 is 29.6 Å². The summed E-state index contributed by atoms with van der Waals surface area (Å²) >= 11 is 0. The van der Waals surface area contributed by atoms with Gasteiger partial charge in [-0.3, -0.25) is 14.4 Å². The van der Waals surface area contributed by atoms with Crippen LogP contribution in [-0.4, -0.2) is 85.7 Å². The molecule has 0 radical (unpaired) electrons. The number of nitriles is 1. The Morgan fingerprint density at radius 2 is 1.96 bits per heavy atom. The fourth-order valence-electron chi connectivity index (χ4n) is 8.26. The summed E-state index contributed by atoms with van der Waals surface area (Å²) in [6, 6.07) is 1.17. The van der Waals surface area contributed by atoms with Crippen LogP contribution >= 0.6 is 0 Å². The molecule has 0 unspecified atom stereocenters. The number of anilines is 2. The Hall–Kier alpha value is -4.49. The lowest BCUT2D eigenvalue weighted by Gasteiger charge is -2.38. The Kier molecular flexibility index (Phi) is 6.96. The molecule has 5 heterocycles. The first kappa shape index (κ1) is 31.1. The Balaban J connectivity index is 1.22. The maximum absolute atomic E-state index is 15.3. The molecule has 2 aromatic rings. The lowest BCUT2D eigenvalue weighted by atomic mass is 9.77. The molecule has 7 rings (SSSR count). The molecule has 2 N–H and O–H groups in total. The summed E-state index contributed by atoms with van der Waals surface area (Å²) in [5.41, 5.74) is -2.53. The van der Waals surface area contributed by atoms with Gasteiger partial charge in [-0.15, -0.1) is 5.10 Å². The van der Waals surface area contributed by atoms with E-state index in [2.05, 4.69) is 31.9 Å². The largest absolute Gasteiger partial charge is 0.472 e. The molecule has 3 aliphatic heterocycles. The molecule has 2 saturated heterocycles. The molecule has 2 aliphatic carbocycles. The van der Waals surface area contributed by atoms with Crippen molar-refractivity contribution in [3.63, 3.8) is 0 Å². The fraction of sp³-hybridized carbons (Fsp3) is 0.633. The van der Waals surface area contributed by atoms with Crippen molar-refractivity contribution in [3.8, 4) is 11.8 Å². The summed E-state index contributed by atoms with van der Waals surface area (Å²) in [6.07, 6.45) is -3.86. The molecular formula is C30H32F4N8O5. The number of ether oxygens (including phenoxy) is 1. The molecule has 2 bridgehead atoms. The molecule has 2 saturated carbocycles. The van der Waals surface area contributed by atoms with E-state index < -0.39 is 83.0 Å². The molecule has 0 aromatic carbocycles. The zero-order valence-electron chi connectivity index (χ0n) is 25.6. The predicted molar refractivity (Wildman–Crippen MR) is 152 cm³/mol. The van der Waals surface area contributed by atoms with E-state index in [0.717, 1.165) is 0 Å². The van der Waals surface area contributed by atoms with Crippen LogP contribution in [0.15, 0.2) is 22.7 Å². The monoisotopic (exact) mass is 660 g/mol. The molecule has 4 fully saturated rings. The number of carbonyl (C=O) groups excluding carboxylic acids is 3. The van der Waals surface area contributed by atoms with Crippen molar-refractivity contribution in [1.82, 2.24) is 25.0 Å². The highest BCUT2D eigenvalue weighted by molar-refractivity contribution is 6.01. The normalized spacial score (nSPS) is 33.2. The lowest BCUT2D eigenvalue weighted by molar-refractivity contribution is -0.157. The molecule has 1 spiro atoms. The summed E-state index contributed by atoms with van der Waals surface area (Å²) in [5.74, 6) is -4.23. The molecule has 9 atom stereocenters. The topological polar surface area (TPSA) is 167 Å². The van der Waals surface area contributed by atoms with Crippen molar-refractivity contribution in [3.05, 3.63) is 24.2 Å². The van der Waals surface area contributed by atoms with Crippen LogP contribution in [0.25, 0.3) is 0 Å². The Morgan fingerprint density at radius 3 is 2.64 bits per heavy atom. The zero-order chi connectivity index (χ0) is 33.6. The van der Waals surface area contributed by atoms with Gasteiger partial charge in [-0.05, 0) is 54.1 Å². The van der Waals surface area contributed by atoms with Crippen molar-refractivity contribution in [2.45, 2.75) is 76.1 Å². The van der Waals surface area contributed by atoms with Gasteiger partial charge in [-0.25, -0.2) is 9.37 Å². The van der Waals surface area contributed by atoms with E-state index in [1.54, 1.807) is 32.9 Å². The zero-order valence-corrected chi connectivity index (χ0v) is 25.6. The number of halogens is 4. The number of hydrogen-bond donors (Lipinski definition) is 2. The molecule has 2 aromatic heterocycles. The minimum atomic E-state index is -4.90. The maximum Gasteiger partial charge on any atom is 0.470 e. The van der Waals surface area contributed by atoms with Crippen LogP contribution in [0.3, 0.4) is 0 Å². The summed E-state index contributed by atoms with van der Waals surface area (Å²) in [5, 5.41) is 21.9. The molecule has 250 valence electrons. The van der Waals surface area contributed by atoms with Crippen molar-refractivity contribution in [2.24, 2.45) is 29.1 Å². The van der Waals surface area contributed by atoms with Crippen LogP contribution in [-0.2, 0) is 20.6 Å². The number of alkyl halides is 4. The van der Waals surface area contributed by atoms with Gasteiger partial charge in [0.15, 0.2) is 11.6 Å². The number of pyridine rings is 1. The van der Waals surface area contributed by atoms with Crippen LogP contribution in [0.5, 0.6) is 5.75 Å². The highest BCUT2D eigenvalue weighted by Crippen LogP contribution is 2.59. The van der Waals surface area contributed by atoms with Gasteiger partial charge >= 0.3 is 18.1 Å². The van der Waals surface area contributed by atoms with E-state index in [-0.39, 0.29) is 42.9 Å². The van der Waals surface area contributed by atoms with E-state index in [4.69, 9.17) is 9.15 Å². The van der Waals surface area contributed by atoms with Crippen LogP contribution in [0, 0.1) is 40.4 Å².